The number of hydrogen-bond donors (Lipinski definition) is 1. The molecule has 1 aromatic carbocycles. The second-order valence-electron chi connectivity index (χ2n) is 5.87. The molecule has 0 bridgehead atoms. The summed E-state index contributed by atoms with van der Waals surface area (Å²) in [7, 11) is -3.57. The van der Waals surface area contributed by atoms with Gasteiger partial charge in [0.1, 0.15) is 0 Å². The fourth-order valence-corrected chi connectivity index (χ4v) is 4.33. The van der Waals surface area contributed by atoms with Crippen molar-refractivity contribution >= 4 is 28.3 Å². The first-order valence-corrected chi connectivity index (χ1v) is 9.40. The lowest BCUT2D eigenvalue weighted by Crippen LogP contribution is -2.33. The van der Waals surface area contributed by atoms with Crippen molar-refractivity contribution in [2.75, 3.05) is 26.2 Å². The Labute approximate surface area is 150 Å². The molecule has 8 heteroatoms. The zero-order chi connectivity index (χ0) is 17.2. The molecule has 0 aliphatic carbocycles. The molecular weight excluding hydrogens is 350 g/mol. The minimum absolute atomic E-state index is 0. The molecule has 1 fully saturated rings. The monoisotopic (exact) mass is 375 g/mol. The Kier molecular flexibility index (Phi) is 7.22. The van der Waals surface area contributed by atoms with Gasteiger partial charge in [-0.15, -0.1) is 12.4 Å². The van der Waals surface area contributed by atoms with E-state index in [0.29, 0.717) is 31.7 Å². The molecule has 1 atom stereocenters. The van der Waals surface area contributed by atoms with Crippen molar-refractivity contribution in [1.29, 1.82) is 0 Å². The largest absolute Gasteiger partial charge is 0.337 e. The molecule has 1 amide bonds. The van der Waals surface area contributed by atoms with Crippen molar-refractivity contribution in [2.24, 2.45) is 5.73 Å². The van der Waals surface area contributed by atoms with Crippen molar-refractivity contribution in [1.82, 2.24) is 9.21 Å². The zero-order valence-corrected chi connectivity index (χ0v) is 16.0. The van der Waals surface area contributed by atoms with Gasteiger partial charge in [-0.05, 0) is 31.0 Å². The van der Waals surface area contributed by atoms with Crippen LogP contribution in [0.2, 0.25) is 0 Å². The number of carbonyl (C=O) groups excluding carboxylic acids is 1. The van der Waals surface area contributed by atoms with Crippen LogP contribution in [0.5, 0.6) is 0 Å². The average molecular weight is 376 g/mol. The summed E-state index contributed by atoms with van der Waals surface area (Å²) in [6.45, 7) is 7.35. The molecule has 1 aromatic rings. The summed E-state index contributed by atoms with van der Waals surface area (Å²) < 4.78 is 26.7. The highest BCUT2D eigenvalue weighted by atomic mass is 35.5. The van der Waals surface area contributed by atoms with Crippen molar-refractivity contribution in [3.8, 4) is 0 Å². The number of nitrogens with zero attached hydrogens (tertiary/aromatic N) is 2. The first-order chi connectivity index (χ1) is 10.8. The molecule has 1 heterocycles. The van der Waals surface area contributed by atoms with Crippen LogP contribution in [0.1, 0.15) is 36.2 Å². The smallest absolute Gasteiger partial charge is 0.254 e. The SMILES string of the molecule is CCN(CC)S(=O)(=O)c1ccc(C)c(C(=O)N2CC[C@@H](N)C2)c1.Cl. The standard InChI is InChI=1S/C16H25N3O3S.ClH/c1-4-19(5-2)23(21,22)14-7-6-12(3)15(10-14)16(20)18-9-8-13(17)11-18;/h6-7,10,13H,4-5,8-9,11,17H2,1-3H3;1H/t13-;/m1./s1. The van der Waals surface area contributed by atoms with Crippen molar-refractivity contribution in [3.05, 3.63) is 29.3 Å². The third-order valence-electron chi connectivity index (χ3n) is 4.29. The predicted molar refractivity (Wildman–Crippen MR) is 97.0 cm³/mol. The van der Waals surface area contributed by atoms with Gasteiger partial charge in [0.15, 0.2) is 0 Å². The van der Waals surface area contributed by atoms with Crippen LogP contribution in [0.15, 0.2) is 23.1 Å². The Morgan fingerprint density at radius 3 is 2.46 bits per heavy atom. The Hall–Kier alpha value is -1.15. The topological polar surface area (TPSA) is 83.7 Å². The minimum atomic E-state index is -3.57. The van der Waals surface area contributed by atoms with E-state index in [-0.39, 0.29) is 29.3 Å². The summed E-state index contributed by atoms with van der Waals surface area (Å²) in [4.78, 5) is 14.5. The number of rotatable bonds is 5. The second-order valence-corrected chi connectivity index (χ2v) is 7.80. The lowest BCUT2D eigenvalue weighted by molar-refractivity contribution is 0.0790. The van der Waals surface area contributed by atoms with Gasteiger partial charge in [-0.1, -0.05) is 19.9 Å². The molecule has 0 radical (unpaired) electrons. The number of nitrogens with two attached hydrogens (primary N) is 1. The number of likely N-dealkylation sites (tertiary alicyclic amines) is 1. The van der Waals surface area contributed by atoms with E-state index >= 15 is 0 Å². The Bertz CT molecular complexity index is 690. The number of halogens is 1. The van der Waals surface area contributed by atoms with Crippen LogP contribution >= 0.6 is 12.4 Å². The van der Waals surface area contributed by atoms with Crippen molar-refractivity contribution in [3.63, 3.8) is 0 Å². The van der Waals surface area contributed by atoms with E-state index in [0.717, 1.165) is 12.0 Å². The van der Waals surface area contributed by atoms with Gasteiger partial charge in [-0.3, -0.25) is 4.79 Å². The van der Waals surface area contributed by atoms with Gasteiger partial charge >= 0.3 is 0 Å². The summed E-state index contributed by atoms with van der Waals surface area (Å²) in [6.07, 6.45) is 0.780. The molecule has 1 saturated heterocycles. The average Bonchev–Trinajstić information content (AvgIpc) is 2.94. The lowest BCUT2D eigenvalue weighted by Gasteiger charge is -2.21. The van der Waals surface area contributed by atoms with E-state index in [1.165, 1.54) is 10.4 Å². The van der Waals surface area contributed by atoms with Crippen molar-refractivity contribution < 1.29 is 13.2 Å². The van der Waals surface area contributed by atoms with Gasteiger partial charge < -0.3 is 10.6 Å². The molecule has 6 nitrogen and oxygen atoms in total. The highest BCUT2D eigenvalue weighted by Gasteiger charge is 2.28. The third kappa shape index (κ3) is 4.08. The number of carbonyl (C=O) groups is 1. The maximum absolute atomic E-state index is 12.7. The fourth-order valence-electron chi connectivity index (χ4n) is 2.85. The lowest BCUT2D eigenvalue weighted by atomic mass is 10.1. The van der Waals surface area contributed by atoms with Crippen LogP contribution < -0.4 is 5.73 Å². The summed E-state index contributed by atoms with van der Waals surface area (Å²) in [6, 6.07) is 4.76. The number of sulfonamides is 1. The van der Waals surface area contributed by atoms with Gasteiger partial charge in [0.25, 0.3) is 5.91 Å². The maximum atomic E-state index is 12.7. The van der Waals surface area contributed by atoms with E-state index in [4.69, 9.17) is 5.73 Å². The van der Waals surface area contributed by atoms with E-state index in [9.17, 15) is 13.2 Å². The molecule has 136 valence electrons. The van der Waals surface area contributed by atoms with Crippen LogP contribution in [0.3, 0.4) is 0 Å². The minimum Gasteiger partial charge on any atom is -0.337 e. The van der Waals surface area contributed by atoms with E-state index < -0.39 is 10.0 Å². The summed E-state index contributed by atoms with van der Waals surface area (Å²) in [5.74, 6) is -0.146. The van der Waals surface area contributed by atoms with Gasteiger partial charge in [-0.2, -0.15) is 4.31 Å². The number of benzene rings is 1. The number of amides is 1. The predicted octanol–water partition coefficient (Wildman–Crippen LogP) is 1.62. The Morgan fingerprint density at radius 1 is 1.33 bits per heavy atom. The van der Waals surface area contributed by atoms with Crippen LogP contribution in [-0.2, 0) is 10.0 Å². The molecule has 24 heavy (non-hydrogen) atoms. The highest BCUT2D eigenvalue weighted by Crippen LogP contribution is 2.22. The molecule has 1 aliphatic heterocycles. The third-order valence-corrected chi connectivity index (χ3v) is 6.34. The summed E-state index contributed by atoms with van der Waals surface area (Å²) in [5, 5.41) is 0. The quantitative estimate of drug-likeness (QED) is 0.847. The molecule has 0 unspecified atom stereocenters. The highest BCUT2D eigenvalue weighted by molar-refractivity contribution is 7.89. The summed E-state index contributed by atoms with van der Waals surface area (Å²) >= 11 is 0. The molecule has 0 spiro atoms. The Morgan fingerprint density at radius 2 is 1.96 bits per heavy atom. The molecule has 0 aromatic heterocycles. The zero-order valence-electron chi connectivity index (χ0n) is 14.4. The van der Waals surface area contributed by atoms with Gasteiger partial charge in [0, 0.05) is 37.8 Å². The summed E-state index contributed by atoms with van der Waals surface area (Å²) in [5.41, 5.74) is 7.07. The van der Waals surface area contributed by atoms with E-state index in [2.05, 4.69) is 0 Å². The van der Waals surface area contributed by atoms with Gasteiger partial charge in [-0.25, -0.2) is 8.42 Å². The number of hydrogen-bond acceptors (Lipinski definition) is 4. The van der Waals surface area contributed by atoms with Gasteiger partial charge in [0.05, 0.1) is 4.90 Å². The van der Waals surface area contributed by atoms with Crippen LogP contribution in [0, 0.1) is 6.92 Å². The molecule has 2 N–H and O–H groups in total. The van der Waals surface area contributed by atoms with Crippen LogP contribution in [0.25, 0.3) is 0 Å². The van der Waals surface area contributed by atoms with Crippen molar-refractivity contribution in [2.45, 2.75) is 38.1 Å². The van der Waals surface area contributed by atoms with E-state index in [1.807, 2.05) is 6.92 Å². The normalized spacial score (nSPS) is 17.9. The molecular formula is C16H26ClN3O3S. The molecule has 1 aliphatic rings. The van der Waals surface area contributed by atoms with Gasteiger partial charge in [0.2, 0.25) is 10.0 Å². The molecule has 0 saturated carbocycles. The first-order valence-electron chi connectivity index (χ1n) is 7.96. The van der Waals surface area contributed by atoms with E-state index in [1.54, 1.807) is 30.9 Å². The number of aryl methyl sites for hydroxylation is 1. The Balaban J connectivity index is 0.00000288. The molecule has 2 rings (SSSR count). The fraction of sp³-hybridized carbons (Fsp3) is 0.562. The van der Waals surface area contributed by atoms with Crippen LogP contribution in [0.4, 0.5) is 0 Å². The van der Waals surface area contributed by atoms with Crippen LogP contribution in [-0.4, -0.2) is 55.8 Å². The maximum Gasteiger partial charge on any atom is 0.254 e. The second kappa shape index (κ2) is 8.29. The first kappa shape index (κ1) is 20.9.